The van der Waals surface area contributed by atoms with Gasteiger partial charge in [-0.25, -0.2) is 0 Å². The van der Waals surface area contributed by atoms with Crippen LogP contribution in [-0.4, -0.2) is 152 Å². The second-order valence-electron chi connectivity index (χ2n) is 19.6. The lowest BCUT2D eigenvalue weighted by molar-refractivity contribution is -0.295. The molecule has 0 bridgehead atoms. The van der Waals surface area contributed by atoms with Gasteiger partial charge in [0.2, 0.25) is 0 Å². The van der Waals surface area contributed by atoms with Gasteiger partial charge in [-0.15, -0.1) is 0 Å². The number of nitrogens with zero attached hydrogens (tertiary/aromatic N) is 2. The van der Waals surface area contributed by atoms with Crippen molar-refractivity contribution in [2.24, 2.45) is 28.8 Å². The van der Waals surface area contributed by atoms with Crippen LogP contribution < -0.4 is 15.4 Å². The number of ether oxygens (including phenoxy) is 6. The summed E-state index contributed by atoms with van der Waals surface area (Å²) in [6, 6.07) is 15.8. The summed E-state index contributed by atoms with van der Waals surface area (Å²) in [7, 11) is 5.28. The third kappa shape index (κ3) is 16.0. The minimum absolute atomic E-state index is 0.170. The fourth-order valence-corrected chi connectivity index (χ4v) is 9.37. The number of benzene rings is 2. The number of carbonyl (C=O) groups is 2. The number of Topliss-reactive ketones (excluding diaryl/α,β-unsaturated/α-hetero) is 1. The van der Waals surface area contributed by atoms with Crippen molar-refractivity contribution in [3.8, 4) is 11.5 Å². The highest BCUT2D eigenvalue weighted by molar-refractivity contribution is 6.00. The molecule has 13 atom stereocenters. The third-order valence-corrected chi connectivity index (χ3v) is 13.7. The highest BCUT2D eigenvalue weighted by Crippen LogP contribution is 2.39. The number of ketones is 1. The molecule has 0 unspecified atom stereocenters. The Balaban J connectivity index is 1.34. The first-order chi connectivity index (χ1) is 32.2. The summed E-state index contributed by atoms with van der Waals surface area (Å²) in [6.07, 6.45) is -3.39. The number of carbonyl (C=O) groups excluding carboxylic acids is 2. The molecule has 0 aliphatic carbocycles. The highest BCUT2D eigenvalue weighted by Gasteiger charge is 2.51. The molecule has 5 N–H and O–H groups in total. The number of hydrogen-bond acceptors (Lipinski definition) is 16. The average Bonchev–Trinajstić information content (AvgIpc) is 3.31. The molecule has 384 valence electrons. The van der Waals surface area contributed by atoms with Crippen LogP contribution in [0.25, 0.3) is 0 Å². The lowest BCUT2D eigenvalue weighted by Gasteiger charge is -2.47. The van der Waals surface area contributed by atoms with Gasteiger partial charge in [-0.05, 0) is 124 Å². The number of nitrogens with one attached hydrogen (secondary N) is 2. The van der Waals surface area contributed by atoms with E-state index in [4.69, 9.17) is 33.3 Å². The van der Waals surface area contributed by atoms with Crippen molar-refractivity contribution in [3.63, 3.8) is 0 Å². The SMILES string of the molecule is CC[C@H]1OC(=O)[C@H](C)C(=O)[C@H](C)[C@@H](O[C@@H]2O[C@H](C)C[C@H](N(C)C)[C@H]2O)[C@@](C)(OC)C[C@@H](C)/C(=N\OCCNCCCOCCCNCc2cccc(Oc3ccc(C)cc3)c2)[C@@H](C)[C@@H](O)[C@]1(C)O. The molecule has 0 aromatic heterocycles. The summed E-state index contributed by atoms with van der Waals surface area (Å²) in [5.41, 5.74) is -0.376. The Bertz CT molecular complexity index is 1870. The number of aryl methyl sites for hydroxylation is 1. The molecule has 0 amide bonds. The molecule has 4 rings (SSSR count). The Kier molecular flexibility index (Phi) is 22.8. The van der Waals surface area contributed by atoms with Gasteiger partial charge in [0.05, 0.1) is 29.6 Å². The summed E-state index contributed by atoms with van der Waals surface area (Å²) in [4.78, 5) is 35.7. The maximum absolute atomic E-state index is 14.2. The number of rotatable bonds is 21. The van der Waals surface area contributed by atoms with Gasteiger partial charge in [0.1, 0.15) is 41.8 Å². The fourth-order valence-electron chi connectivity index (χ4n) is 9.37. The quantitative estimate of drug-likeness (QED) is 0.0435. The van der Waals surface area contributed by atoms with Crippen molar-refractivity contribution in [1.29, 1.82) is 0 Å². The van der Waals surface area contributed by atoms with Crippen LogP contribution in [0.5, 0.6) is 11.5 Å². The molecule has 0 saturated carbocycles. The second-order valence-corrected chi connectivity index (χ2v) is 19.6. The van der Waals surface area contributed by atoms with Crippen molar-refractivity contribution in [2.45, 2.75) is 155 Å². The first-order valence-electron chi connectivity index (χ1n) is 24.6. The van der Waals surface area contributed by atoms with E-state index >= 15 is 0 Å². The number of likely N-dealkylation sites (N-methyl/N-ethyl adjacent to an activating group) is 1. The van der Waals surface area contributed by atoms with E-state index in [1.165, 1.54) is 26.5 Å². The topological polar surface area (TPSA) is 199 Å². The maximum Gasteiger partial charge on any atom is 0.316 e. The third-order valence-electron chi connectivity index (χ3n) is 13.7. The van der Waals surface area contributed by atoms with Gasteiger partial charge in [0, 0.05) is 57.2 Å². The van der Waals surface area contributed by atoms with Crippen LogP contribution in [0.4, 0.5) is 0 Å². The number of oxime groups is 1. The first-order valence-corrected chi connectivity index (χ1v) is 24.6. The molecule has 68 heavy (non-hydrogen) atoms. The second kappa shape index (κ2) is 27.2. The molecule has 2 aliphatic heterocycles. The summed E-state index contributed by atoms with van der Waals surface area (Å²) >= 11 is 0. The van der Waals surface area contributed by atoms with Crippen LogP contribution in [0, 0.1) is 30.6 Å². The van der Waals surface area contributed by atoms with E-state index in [-0.39, 0.29) is 31.6 Å². The summed E-state index contributed by atoms with van der Waals surface area (Å²) in [5, 5.41) is 46.6. The van der Waals surface area contributed by atoms with Crippen molar-refractivity contribution < 1.29 is 58.2 Å². The van der Waals surface area contributed by atoms with Crippen LogP contribution in [0.3, 0.4) is 0 Å². The van der Waals surface area contributed by atoms with Crippen LogP contribution >= 0.6 is 0 Å². The Hall–Kier alpha value is -3.55. The molecule has 2 heterocycles. The Labute approximate surface area is 405 Å². The number of cyclic esters (lactones) is 1. The molecule has 2 aliphatic rings. The molecule has 2 saturated heterocycles. The zero-order valence-corrected chi connectivity index (χ0v) is 42.9. The van der Waals surface area contributed by atoms with Gasteiger partial charge in [-0.1, -0.05) is 62.7 Å². The normalized spacial score (nSPS) is 32.8. The van der Waals surface area contributed by atoms with Gasteiger partial charge in [-0.2, -0.15) is 0 Å². The molecule has 2 fully saturated rings. The van der Waals surface area contributed by atoms with E-state index in [1.807, 2.05) is 82.2 Å². The number of hydrogen-bond donors (Lipinski definition) is 5. The predicted octanol–water partition coefficient (Wildman–Crippen LogP) is 5.80. The lowest BCUT2D eigenvalue weighted by Crippen LogP contribution is -2.60. The smallest absolute Gasteiger partial charge is 0.316 e. The number of aliphatic hydroxyl groups is 3. The Morgan fingerprint density at radius 3 is 2.22 bits per heavy atom. The van der Waals surface area contributed by atoms with Gasteiger partial charge >= 0.3 is 5.97 Å². The summed E-state index contributed by atoms with van der Waals surface area (Å²) in [6.45, 7) is 20.0. The van der Waals surface area contributed by atoms with Crippen molar-refractivity contribution in [1.82, 2.24) is 15.5 Å². The van der Waals surface area contributed by atoms with Crippen molar-refractivity contribution >= 4 is 17.5 Å². The lowest BCUT2D eigenvalue weighted by atomic mass is 9.74. The first kappa shape index (κ1) is 57.0. The zero-order chi connectivity index (χ0) is 50.2. The molecule has 16 nitrogen and oxygen atoms in total. The molecule has 0 spiro atoms. The Morgan fingerprint density at radius 1 is 0.897 bits per heavy atom. The van der Waals surface area contributed by atoms with Gasteiger partial charge in [0.25, 0.3) is 0 Å². The van der Waals surface area contributed by atoms with Gasteiger partial charge in [-0.3, -0.25) is 9.59 Å². The minimum Gasteiger partial charge on any atom is -0.459 e. The zero-order valence-electron chi connectivity index (χ0n) is 42.9. The van der Waals surface area contributed by atoms with Crippen LogP contribution in [0.1, 0.15) is 98.6 Å². The van der Waals surface area contributed by atoms with Crippen LogP contribution in [0.15, 0.2) is 53.7 Å². The molecule has 16 heteroatoms. The van der Waals surface area contributed by atoms with Crippen LogP contribution in [-0.2, 0) is 44.7 Å². The Morgan fingerprint density at radius 2 is 1.57 bits per heavy atom. The average molecular weight is 957 g/mol. The number of esters is 1. The van der Waals surface area contributed by atoms with E-state index in [0.717, 1.165) is 43.0 Å². The molecule has 2 aromatic rings. The monoisotopic (exact) mass is 957 g/mol. The van der Waals surface area contributed by atoms with Gasteiger partial charge in [0.15, 0.2) is 12.1 Å². The fraction of sp³-hybridized carbons (Fsp3) is 0.712. The van der Waals surface area contributed by atoms with E-state index < -0.39 is 77.3 Å². The van der Waals surface area contributed by atoms with E-state index in [0.29, 0.717) is 38.4 Å². The molecular formula is C52H84N4O12. The largest absolute Gasteiger partial charge is 0.459 e. The standard InChI is InChI=1S/C52H84N4O12/c1-13-43-52(9,61)47(59)36(5)44(55-64-28-25-53-23-15-26-63-27-16-24-54-32-39-17-14-18-41(30-39)66-40-21-19-33(2)20-22-40)34(3)31-51(8,62-12)48(37(6)45(57)38(7)49(60)67-43)68-50-46(58)42(56(10)11)29-35(4)65-50/h14,17-22,30,34-38,42-43,46-48,50,53-54,58-59,61H,13,15-16,23-29,31-32H2,1-12H3/b55-44+/t34-,35-,36-,37+,38-,42+,43-,46-,47-,48-,50+,51+,52-/m1/s1. The summed E-state index contributed by atoms with van der Waals surface area (Å²) in [5.74, 6) is -3.11. The molecular weight excluding hydrogens is 873 g/mol. The molecule has 2 aromatic carbocycles. The van der Waals surface area contributed by atoms with E-state index in [9.17, 15) is 24.9 Å². The maximum atomic E-state index is 14.2. The summed E-state index contributed by atoms with van der Waals surface area (Å²) < 4.78 is 36.8. The predicted molar refractivity (Wildman–Crippen MR) is 262 cm³/mol. The minimum atomic E-state index is -1.92. The molecule has 0 radical (unpaired) electrons. The van der Waals surface area contributed by atoms with Crippen molar-refractivity contribution in [2.75, 3.05) is 60.7 Å². The van der Waals surface area contributed by atoms with Crippen molar-refractivity contribution in [3.05, 3.63) is 59.7 Å². The van der Waals surface area contributed by atoms with E-state index in [1.54, 1.807) is 20.8 Å². The number of aliphatic hydroxyl groups excluding tert-OH is 2. The highest BCUT2D eigenvalue weighted by atomic mass is 16.7. The number of methoxy groups -OCH3 is 1. The van der Waals surface area contributed by atoms with Gasteiger partial charge < -0.3 is 64.1 Å². The van der Waals surface area contributed by atoms with E-state index in [2.05, 4.69) is 28.8 Å². The van der Waals surface area contributed by atoms with Crippen LogP contribution in [0.2, 0.25) is 0 Å².